The van der Waals surface area contributed by atoms with E-state index in [0.29, 0.717) is 22.2 Å². The summed E-state index contributed by atoms with van der Waals surface area (Å²) in [6, 6.07) is 10.2. The molecule has 0 aromatic heterocycles. The van der Waals surface area contributed by atoms with Gasteiger partial charge in [0.1, 0.15) is 17.3 Å². The van der Waals surface area contributed by atoms with Gasteiger partial charge in [-0.25, -0.2) is 4.39 Å². The molecule has 0 aliphatic carbocycles. The third-order valence-corrected chi connectivity index (χ3v) is 3.83. The quantitative estimate of drug-likeness (QED) is 0.885. The minimum absolute atomic E-state index is 0.298. The number of aliphatic hydroxyl groups excluding tert-OH is 1. The average molecular weight is 355 g/mol. The van der Waals surface area contributed by atoms with E-state index in [1.807, 2.05) is 24.3 Å². The van der Waals surface area contributed by atoms with Gasteiger partial charge in [0.05, 0.1) is 24.8 Å². The molecule has 0 aliphatic heterocycles. The van der Waals surface area contributed by atoms with Crippen molar-refractivity contribution >= 4 is 15.9 Å². The van der Waals surface area contributed by atoms with Crippen LogP contribution < -0.4 is 9.47 Å². The molecule has 1 N–H and O–H groups in total. The predicted molar refractivity (Wildman–Crippen MR) is 82.3 cm³/mol. The average Bonchev–Trinajstić information content (AvgIpc) is 2.50. The largest absolute Gasteiger partial charge is 0.497 e. The van der Waals surface area contributed by atoms with E-state index in [4.69, 9.17) is 9.47 Å². The zero-order chi connectivity index (χ0) is 15.4. The molecule has 2 aromatic carbocycles. The molecule has 0 saturated heterocycles. The van der Waals surface area contributed by atoms with Crippen molar-refractivity contribution in [2.75, 3.05) is 14.2 Å². The number of methoxy groups -OCH3 is 2. The highest BCUT2D eigenvalue weighted by atomic mass is 79.9. The number of ether oxygens (including phenoxy) is 2. The van der Waals surface area contributed by atoms with E-state index in [1.165, 1.54) is 13.2 Å². The Bertz CT molecular complexity index is 614. The Hall–Kier alpha value is -1.59. The maximum atomic E-state index is 13.5. The first-order chi connectivity index (χ1) is 10.0. The topological polar surface area (TPSA) is 38.7 Å². The molecule has 3 nitrogen and oxygen atoms in total. The number of rotatable bonds is 5. The van der Waals surface area contributed by atoms with Crippen LogP contribution in [0.3, 0.4) is 0 Å². The van der Waals surface area contributed by atoms with Gasteiger partial charge in [-0.15, -0.1) is 0 Å². The fourth-order valence-corrected chi connectivity index (χ4v) is 2.44. The van der Waals surface area contributed by atoms with Crippen molar-refractivity contribution in [3.8, 4) is 11.5 Å². The van der Waals surface area contributed by atoms with Gasteiger partial charge in [-0.2, -0.15) is 0 Å². The van der Waals surface area contributed by atoms with E-state index >= 15 is 0 Å². The highest BCUT2D eigenvalue weighted by molar-refractivity contribution is 9.10. The third-order valence-electron chi connectivity index (χ3n) is 3.22. The zero-order valence-electron chi connectivity index (χ0n) is 11.8. The van der Waals surface area contributed by atoms with Crippen LogP contribution >= 0.6 is 15.9 Å². The summed E-state index contributed by atoms with van der Waals surface area (Å²) in [5.74, 6) is 0.666. The summed E-state index contributed by atoms with van der Waals surface area (Å²) in [5.41, 5.74) is 1.49. The maximum Gasteiger partial charge on any atom is 0.141 e. The van der Waals surface area contributed by atoms with E-state index in [-0.39, 0.29) is 0 Å². The SMILES string of the molecule is COc1ccc(CC(O)c2cc(Br)c(F)cc2OC)cc1. The number of halogens is 2. The molecule has 2 aromatic rings. The Kier molecular flexibility index (Phi) is 5.20. The molecule has 0 heterocycles. The first-order valence-electron chi connectivity index (χ1n) is 6.39. The molecule has 112 valence electrons. The molecule has 0 fully saturated rings. The van der Waals surface area contributed by atoms with Crippen molar-refractivity contribution in [2.45, 2.75) is 12.5 Å². The third kappa shape index (κ3) is 3.74. The van der Waals surface area contributed by atoms with Crippen molar-refractivity contribution in [2.24, 2.45) is 0 Å². The van der Waals surface area contributed by atoms with Gasteiger partial charge < -0.3 is 14.6 Å². The van der Waals surface area contributed by atoms with Crippen LogP contribution in [0, 0.1) is 5.82 Å². The van der Waals surface area contributed by atoms with E-state index in [2.05, 4.69) is 15.9 Å². The normalized spacial score (nSPS) is 12.0. The van der Waals surface area contributed by atoms with Crippen LogP contribution in [-0.4, -0.2) is 19.3 Å². The highest BCUT2D eigenvalue weighted by Crippen LogP contribution is 2.32. The second-order valence-corrected chi connectivity index (χ2v) is 5.43. The fourth-order valence-electron chi connectivity index (χ4n) is 2.08. The lowest BCUT2D eigenvalue weighted by molar-refractivity contribution is 0.173. The van der Waals surface area contributed by atoms with Crippen LogP contribution in [0.25, 0.3) is 0 Å². The molecule has 0 saturated carbocycles. The van der Waals surface area contributed by atoms with Crippen molar-refractivity contribution in [1.82, 2.24) is 0 Å². The minimum Gasteiger partial charge on any atom is -0.497 e. The lowest BCUT2D eigenvalue weighted by Gasteiger charge is -2.16. The van der Waals surface area contributed by atoms with E-state index in [9.17, 15) is 9.50 Å². The maximum absolute atomic E-state index is 13.5. The summed E-state index contributed by atoms with van der Waals surface area (Å²) in [7, 11) is 3.05. The van der Waals surface area contributed by atoms with Crippen LogP contribution in [0.15, 0.2) is 40.9 Å². The Balaban J connectivity index is 2.22. The van der Waals surface area contributed by atoms with E-state index in [0.717, 1.165) is 11.3 Å². The molecule has 0 spiro atoms. The minimum atomic E-state index is -0.787. The summed E-state index contributed by atoms with van der Waals surface area (Å²) in [5, 5.41) is 10.4. The summed E-state index contributed by atoms with van der Waals surface area (Å²) < 4.78 is 24.0. The summed E-state index contributed by atoms with van der Waals surface area (Å²) >= 11 is 3.12. The Morgan fingerprint density at radius 3 is 2.38 bits per heavy atom. The molecule has 0 amide bonds. The summed E-state index contributed by atoms with van der Waals surface area (Å²) in [6.07, 6.45) is -0.386. The summed E-state index contributed by atoms with van der Waals surface area (Å²) in [6.45, 7) is 0. The second-order valence-electron chi connectivity index (χ2n) is 4.58. The number of aliphatic hydroxyl groups is 1. The summed E-state index contributed by atoms with van der Waals surface area (Å²) in [4.78, 5) is 0. The molecule has 0 radical (unpaired) electrons. The molecule has 5 heteroatoms. The number of hydrogen-bond acceptors (Lipinski definition) is 3. The first kappa shape index (κ1) is 15.8. The monoisotopic (exact) mass is 354 g/mol. The second kappa shape index (κ2) is 6.91. The first-order valence-corrected chi connectivity index (χ1v) is 7.18. The van der Waals surface area contributed by atoms with Gasteiger partial charge >= 0.3 is 0 Å². The molecule has 1 unspecified atom stereocenters. The van der Waals surface area contributed by atoms with E-state index in [1.54, 1.807) is 13.2 Å². The van der Waals surface area contributed by atoms with Gasteiger partial charge in [0.15, 0.2) is 0 Å². The van der Waals surface area contributed by atoms with Gasteiger partial charge in [-0.3, -0.25) is 0 Å². The van der Waals surface area contributed by atoms with Gasteiger partial charge in [0.2, 0.25) is 0 Å². The van der Waals surface area contributed by atoms with Crippen LogP contribution in [0.4, 0.5) is 4.39 Å². The van der Waals surface area contributed by atoms with Crippen LogP contribution in [0.1, 0.15) is 17.2 Å². The molecule has 1 atom stereocenters. The van der Waals surface area contributed by atoms with Gasteiger partial charge in [0.25, 0.3) is 0 Å². The molecule has 0 bridgehead atoms. The lowest BCUT2D eigenvalue weighted by atomic mass is 10.0. The lowest BCUT2D eigenvalue weighted by Crippen LogP contribution is -2.05. The van der Waals surface area contributed by atoms with Gasteiger partial charge in [-0.05, 0) is 39.7 Å². The smallest absolute Gasteiger partial charge is 0.141 e. The van der Waals surface area contributed by atoms with Crippen LogP contribution in [0.2, 0.25) is 0 Å². The van der Waals surface area contributed by atoms with Crippen LogP contribution in [-0.2, 0) is 6.42 Å². The zero-order valence-corrected chi connectivity index (χ0v) is 13.4. The van der Waals surface area contributed by atoms with Crippen molar-refractivity contribution in [1.29, 1.82) is 0 Å². The molecular weight excluding hydrogens is 339 g/mol. The van der Waals surface area contributed by atoms with Crippen molar-refractivity contribution in [3.63, 3.8) is 0 Å². The standard InChI is InChI=1S/C16H16BrFO3/c1-20-11-5-3-10(4-6-11)7-15(19)12-8-13(17)14(18)9-16(12)21-2/h3-6,8-9,15,19H,7H2,1-2H3. The van der Waals surface area contributed by atoms with Crippen molar-refractivity contribution in [3.05, 3.63) is 57.8 Å². The molecule has 0 aliphatic rings. The van der Waals surface area contributed by atoms with Gasteiger partial charge in [0, 0.05) is 18.1 Å². The number of hydrogen-bond donors (Lipinski definition) is 1. The highest BCUT2D eigenvalue weighted by Gasteiger charge is 2.17. The fraction of sp³-hybridized carbons (Fsp3) is 0.250. The van der Waals surface area contributed by atoms with Gasteiger partial charge in [-0.1, -0.05) is 12.1 Å². The number of benzene rings is 2. The predicted octanol–water partition coefficient (Wildman–Crippen LogP) is 3.88. The Labute approximate surface area is 131 Å². The Morgan fingerprint density at radius 1 is 1.14 bits per heavy atom. The Morgan fingerprint density at radius 2 is 1.81 bits per heavy atom. The van der Waals surface area contributed by atoms with E-state index < -0.39 is 11.9 Å². The molecule has 21 heavy (non-hydrogen) atoms. The van der Waals surface area contributed by atoms with Crippen molar-refractivity contribution < 1.29 is 19.0 Å². The molecular formula is C16H16BrFO3. The van der Waals surface area contributed by atoms with Crippen LogP contribution in [0.5, 0.6) is 11.5 Å². The molecule has 2 rings (SSSR count).